The second-order valence-corrected chi connectivity index (χ2v) is 13.2. The first kappa shape index (κ1) is 27.3. The third kappa shape index (κ3) is 5.59. The second kappa shape index (κ2) is 11.6. The third-order valence-corrected chi connectivity index (χ3v) is 11.3. The summed E-state index contributed by atoms with van der Waals surface area (Å²) >= 11 is 3.57. The molecule has 1 atom stereocenters. The number of halogens is 1. The van der Waals surface area contributed by atoms with Gasteiger partial charge in [-0.15, -0.1) is 23.5 Å². The molecule has 0 amide bonds. The lowest BCUT2D eigenvalue weighted by Gasteiger charge is -2.42. The van der Waals surface area contributed by atoms with Crippen molar-refractivity contribution in [2.24, 2.45) is 0 Å². The summed E-state index contributed by atoms with van der Waals surface area (Å²) in [5, 5.41) is 0. The van der Waals surface area contributed by atoms with Crippen LogP contribution in [0.15, 0.2) is 53.4 Å². The van der Waals surface area contributed by atoms with E-state index in [1.165, 1.54) is 12.1 Å². The normalized spacial score (nSPS) is 22.7. The van der Waals surface area contributed by atoms with Gasteiger partial charge in [0.15, 0.2) is 0 Å². The molecule has 34 heavy (non-hydrogen) atoms. The van der Waals surface area contributed by atoms with Gasteiger partial charge in [-0.25, -0.2) is 12.8 Å². The highest BCUT2D eigenvalue weighted by Gasteiger charge is 2.46. The summed E-state index contributed by atoms with van der Waals surface area (Å²) < 4.78 is 41.4. The fourth-order valence-electron chi connectivity index (χ4n) is 4.69. The molecule has 0 aliphatic carbocycles. The molecule has 0 saturated carbocycles. The van der Waals surface area contributed by atoms with Crippen molar-refractivity contribution < 1.29 is 12.8 Å². The number of thioether (sulfide) groups is 2. The maximum Gasteiger partial charge on any atom is 0.243 e. The Hall–Kier alpha value is -1.26. The van der Waals surface area contributed by atoms with Gasteiger partial charge in [0.25, 0.3) is 0 Å². The Kier molecular flexibility index (Phi) is 9.36. The van der Waals surface area contributed by atoms with Crippen LogP contribution in [-0.4, -0.2) is 75.4 Å². The molecule has 9 heteroatoms. The summed E-state index contributed by atoms with van der Waals surface area (Å²) in [6.07, 6.45) is 2.88. The van der Waals surface area contributed by atoms with E-state index in [4.69, 9.17) is 0 Å². The van der Waals surface area contributed by atoms with Gasteiger partial charge in [-0.2, -0.15) is 4.31 Å². The van der Waals surface area contributed by atoms with Crippen LogP contribution in [0.4, 0.5) is 10.1 Å². The number of hydrogen-bond donors (Lipinski definition) is 0. The molecule has 2 heterocycles. The SMILES string of the molecule is C.CCSC1(SC)CN(CCCN2CCN(c3ccc(F)cc3)CC2)S(=O)(=O)c2ccccc21. The lowest BCUT2D eigenvalue weighted by molar-refractivity contribution is 0.244. The van der Waals surface area contributed by atoms with E-state index in [2.05, 4.69) is 23.0 Å². The summed E-state index contributed by atoms with van der Waals surface area (Å²) in [5.41, 5.74) is 1.98. The second-order valence-electron chi connectivity index (χ2n) is 8.38. The zero-order valence-corrected chi connectivity index (χ0v) is 21.7. The number of fused-ring (bicyclic) bond motifs is 1. The average Bonchev–Trinajstić information content (AvgIpc) is 2.83. The van der Waals surface area contributed by atoms with E-state index < -0.39 is 10.0 Å². The maximum absolute atomic E-state index is 13.4. The molecule has 188 valence electrons. The zero-order valence-electron chi connectivity index (χ0n) is 19.2. The summed E-state index contributed by atoms with van der Waals surface area (Å²) in [6.45, 7) is 7.67. The van der Waals surface area contributed by atoms with E-state index >= 15 is 0 Å². The van der Waals surface area contributed by atoms with Gasteiger partial charge in [-0.05, 0) is 60.9 Å². The molecule has 2 aliphatic heterocycles. The number of anilines is 1. The van der Waals surface area contributed by atoms with Gasteiger partial charge < -0.3 is 4.90 Å². The van der Waals surface area contributed by atoms with Crippen LogP contribution < -0.4 is 4.90 Å². The maximum atomic E-state index is 13.4. The van der Waals surface area contributed by atoms with Crippen molar-refractivity contribution >= 4 is 39.2 Å². The highest BCUT2D eigenvalue weighted by Crippen LogP contribution is 2.51. The summed E-state index contributed by atoms with van der Waals surface area (Å²) in [4.78, 5) is 5.13. The highest BCUT2D eigenvalue weighted by atomic mass is 32.2. The molecule has 0 bridgehead atoms. The Morgan fingerprint density at radius 1 is 1.00 bits per heavy atom. The first-order chi connectivity index (χ1) is 15.9. The van der Waals surface area contributed by atoms with Crippen molar-refractivity contribution in [2.75, 3.05) is 62.7 Å². The van der Waals surface area contributed by atoms with Crippen LogP contribution in [-0.2, 0) is 14.1 Å². The van der Waals surface area contributed by atoms with E-state index in [0.717, 1.165) is 56.1 Å². The number of rotatable bonds is 8. The molecule has 1 saturated heterocycles. The Bertz CT molecular complexity index is 1040. The Labute approximate surface area is 213 Å². The summed E-state index contributed by atoms with van der Waals surface area (Å²) in [7, 11) is -3.48. The van der Waals surface area contributed by atoms with Crippen LogP contribution >= 0.6 is 23.5 Å². The molecule has 0 aromatic heterocycles. The van der Waals surface area contributed by atoms with Crippen LogP contribution in [0, 0.1) is 5.82 Å². The fourth-order valence-corrected chi connectivity index (χ4v) is 9.32. The van der Waals surface area contributed by atoms with E-state index in [9.17, 15) is 12.8 Å². The first-order valence-electron chi connectivity index (χ1n) is 11.4. The summed E-state index contributed by atoms with van der Waals surface area (Å²) in [5.74, 6) is 0.719. The topological polar surface area (TPSA) is 43.9 Å². The molecular formula is C25H36FN3O2S3. The van der Waals surface area contributed by atoms with E-state index in [1.54, 1.807) is 22.1 Å². The molecule has 0 radical (unpaired) electrons. The van der Waals surface area contributed by atoms with Gasteiger partial charge in [-0.1, -0.05) is 32.5 Å². The van der Waals surface area contributed by atoms with Crippen LogP contribution in [0.5, 0.6) is 0 Å². The van der Waals surface area contributed by atoms with Crippen molar-refractivity contribution in [1.82, 2.24) is 9.21 Å². The van der Waals surface area contributed by atoms with Gasteiger partial charge in [0.2, 0.25) is 10.0 Å². The molecule has 2 aromatic carbocycles. The first-order valence-corrected chi connectivity index (χ1v) is 15.1. The number of hydrogen-bond acceptors (Lipinski definition) is 6. The van der Waals surface area contributed by atoms with Crippen LogP contribution in [0.25, 0.3) is 0 Å². The number of sulfonamides is 1. The molecular weight excluding hydrogens is 489 g/mol. The monoisotopic (exact) mass is 525 g/mol. The molecule has 1 unspecified atom stereocenters. The van der Waals surface area contributed by atoms with Gasteiger partial charge in [0, 0.05) is 45.0 Å². The molecule has 2 aromatic rings. The van der Waals surface area contributed by atoms with Gasteiger partial charge in [0.05, 0.1) is 4.90 Å². The lowest BCUT2D eigenvalue weighted by Crippen LogP contribution is -2.49. The summed E-state index contributed by atoms with van der Waals surface area (Å²) in [6, 6.07) is 14.2. The van der Waals surface area contributed by atoms with Gasteiger partial charge >= 0.3 is 0 Å². The number of piperazine rings is 1. The molecule has 2 aliphatic rings. The molecule has 1 fully saturated rings. The van der Waals surface area contributed by atoms with Crippen molar-refractivity contribution in [2.45, 2.75) is 29.7 Å². The number of nitrogens with zero attached hydrogens (tertiary/aromatic N) is 3. The van der Waals surface area contributed by atoms with Crippen molar-refractivity contribution in [3.63, 3.8) is 0 Å². The molecule has 5 nitrogen and oxygen atoms in total. The minimum Gasteiger partial charge on any atom is -0.369 e. The Morgan fingerprint density at radius 3 is 2.32 bits per heavy atom. The van der Waals surface area contributed by atoms with Gasteiger partial charge in [0.1, 0.15) is 9.90 Å². The smallest absolute Gasteiger partial charge is 0.243 e. The lowest BCUT2D eigenvalue weighted by atomic mass is 10.1. The fraction of sp³-hybridized carbons (Fsp3) is 0.520. The zero-order chi connectivity index (χ0) is 23.5. The van der Waals surface area contributed by atoms with E-state index in [1.807, 2.05) is 42.1 Å². The van der Waals surface area contributed by atoms with Crippen molar-refractivity contribution in [1.29, 1.82) is 0 Å². The van der Waals surface area contributed by atoms with Crippen LogP contribution in [0.3, 0.4) is 0 Å². The number of benzene rings is 2. The predicted octanol–water partition coefficient (Wildman–Crippen LogP) is 4.95. The predicted molar refractivity (Wildman–Crippen MR) is 145 cm³/mol. The van der Waals surface area contributed by atoms with Crippen LogP contribution in [0.1, 0.15) is 26.3 Å². The Balaban J connectivity index is 0.00000324. The molecule has 0 spiro atoms. The standard InChI is InChI=1S/C24H32FN3O2S3.CH4/c1-3-32-24(31-2)19-28(33(29,30)23-8-5-4-7-22(23)24)14-6-13-26-15-17-27(18-16-26)21-11-9-20(25)10-12-21;/h4-5,7-12H,3,6,13-19H2,1-2H3;1H4. The van der Waals surface area contributed by atoms with Crippen molar-refractivity contribution in [3.05, 3.63) is 59.9 Å². The highest BCUT2D eigenvalue weighted by molar-refractivity contribution is 8.17. The van der Waals surface area contributed by atoms with Crippen molar-refractivity contribution in [3.8, 4) is 0 Å². The van der Waals surface area contributed by atoms with E-state index in [0.29, 0.717) is 18.0 Å². The third-order valence-electron chi connectivity index (χ3n) is 6.45. The largest absolute Gasteiger partial charge is 0.369 e. The minimum atomic E-state index is -3.48. The molecule has 0 N–H and O–H groups in total. The molecule has 4 rings (SSSR count). The average molecular weight is 526 g/mol. The quantitative estimate of drug-likeness (QED) is 0.455. The Morgan fingerprint density at radius 2 is 1.68 bits per heavy atom. The minimum absolute atomic E-state index is 0. The van der Waals surface area contributed by atoms with Crippen LogP contribution in [0.2, 0.25) is 0 Å². The van der Waals surface area contributed by atoms with E-state index in [-0.39, 0.29) is 17.3 Å². The van der Waals surface area contributed by atoms with Gasteiger partial charge in [-0.3, -0.25) is 4.90 Å².